The summed E-state index contributed by atoms with van der Waals surface area (Å²) in [6, 6.07) is 16.4. The highest BCUT2D eigenvalue weighted by Gasteiger charge is 2.08. The summed E-state index contributed by atoms with van der Waals surface area (Å²) >= 11 is 0. The minimum absolute atomic E-state index is 0.323. The molecule has 0 amide bonds. The van der Waals surface area contributed by atoms with E-state index in [0.29, 0.717) is 11.5 Å². The summed E-state index contributed by atoms with van der Waals surface area (Å²) in [6.45, 7) is 1.96. The van der Waals surface area contributed by atoms with Crippen molar-refractivity contribution in [2.75, 3.05) is 5.32 Å². The number of nitrogens with one attached hydrogen (secondary N) is 1. The third-order valence-electron chi connectivity index (χ3n) is 4.01. The van der Waals surface area contributed by atoms with Crippen LogP contribution >= 0.6 is 0 Å². The minimum Gasteiger partial charge on any atom is -0.337 e. The Morgan fingerprint density at radius 2 is 1.72 bits per heavy atom. The maximum atomic E-state index is 13.9. The topological polar surface area (TPSA) is 50.7 Å². The van der Waals surface area contributed by atoms with Crippen molar-refractivity contribution in [1.29, 1.82) is 0 Å². The third kappa shape index (κ3) is 3.04. The summed E-state index contributed by atoms with van der Waals surface area (Å²) in [5, 5.41) is 3.87. The van der Waals surface area contributed by atoms with Gasteiger partial charge in [0.2, 0.25) is 0 Å². The van der Waals surface area contributed by atoms with Crippen LogP contribution in [0.25, 0.3) is 22.0 Å². The summed E-state index contributed by atoms with van der Waals surface area (Å²) < 4.78 is 13.9. The van der Waals surface area contributed by atoms with E-state index in [-0.39, 0.29) is 5.82 Å². The number of rotatable bonds is 3. The molecule has 1 N–H and O–H groups in total. The standard InChI is InChI=1S/C20H15FN4/c1-13-6-7-15(11-22-13)14-8-9-16-19(10-14)23-12-24-20(16)25-18-5-3-2-4-17(18)21/h2-12H,1H3,(H,23,24,25). The van der Waals surface area contributed by atoms with Gasteiger partial charge in [0.25, 0.3) is 0 Å². The van der Waals surface area contributed by atoms with Gasteiger partial charge in [-0.05, 0) is 42.8 Å². The molecule has 0 fully saturated rings. The van der Waals surface area contributed by atoms with Gasteiger partial charge in [-0.1, -0.05) is 24.3 Å². The predicted octanol–water partition coefficient (Wildman–Crippen LogP) is 4.88. The van der Waals surface area contributed by atoms with E-state index < -0.39 is 0 Å². The number of hydrogen-bond donors (Lipinski definition) is 1. The Morgan fingerprint density at radius 3 is 2.52 bits per heavy atom. The summed E-state index contributed by atoms with van der Waals surface area (Å²) in [5.41, 5.74) is 4.19. The van der Waals surface area contributed by atoms with Gasteiger partial charge in [0.15, 0.2) is 0 Å². The van der Waals surface area contributed by atoms with Crippen molar-refractivity contribution in [3.63, 3.8) is 0 Å². The summed E-state index contributed by atoms with van der Waals surface area (Å²) in [6.07, 6.45) is 3.32. The molecular formula is C20H15FN4. The molecule has 0 aliphatic rings. The normalized spacial score (nSPS) is 10.8. The van der Waals surface area contributed by atoms with E-state index in [9.17, 15) is 4.39 Å². The van der Waals surface area contributed by atoms with Crippen molar-refractivity contribution in [3.8, 4) is 11.1 Å². The molecule has 0 saturated carbocycles. The molecule has 0 unspecified atom stereocenters. The number of halogens is 1. The minimum atomic E-state index is -0.323. The van der Waals surface area contributed by atoms with Crippen LogP contribution in [0.3, 0.4) is 0 Å². The molecular weight excluding hydrogens is 315 g/mol. The quantitative estimate of drug-likeness (QED) is 0.581. The summed E-state index contributed by atoms with van der Waals surface area (Å²) in [4.78, 5) is 12.9. The molecule has 4 rings (SSSR count). The zero-order valence-electron chi connectivity index (χ0n) is 13.6. The van der Waals surface area contributed by atoms with Gasteiger partial charge in [0.05, 0.1) is 11.2 Å². The van der Waals surface area contributed by atoms with Crippen LogP contribution < -0.4 is 5.32 Å². The van der Waals surface area contributed by atoms with Crippen LogP contribution in [0.4, 0.5) is 15.9 Å². The van der Waals surface area contributed by atoms with E-state index in [2.05, 4.69) is 20.3 Å². The second kappa shape index (κ2) is 6.28. The lowest BCUT2D eigenvalue weighted by Crippen LogP contribution is -1.98. The number of benzene rings is 2. The fourth-order valence-corrected chi connectivity index (χ4v) is 2.66. The maximum absolute atomic E-state index is 13.9. The molecule has 122 valence electrons. The van der Waals surface area contributed by atoms with Gasteiger partial charge in [-0.25, -0.2) is 14.4 Å². The number of aryl methyl sites for hydroxylation is 1. The number of pyridine rings is 1. The molecule has 0 radical (unpaired) electrons. The van der Waals surface area contributed by atoms with Crippen molar-refractivity contribution in [3.05, 3.63) is 78.6 Å². The Balaban J connectivity index is 1.75. The second-order valence-corrected chi connectivity index (χ2v) is 5.75. The molecule has 0 saturated heterocycles. The first kappa shape index (κ1) is 15.2. The second-order valence-electron chi connectivity index (χ2n) is 5.75. The lowest BCUT2D eigenvalue weighted by Gasteiger charge is -2.10. The van der Waals surface area contributed by atoms with E-state index in [1.165, 1.54) is 12.4 Å². The lowest BCUT2D eigenvalue weighted by molar-refractivity contribution is 0.632. The van der Waals surface area contributed by atoms with Crippen molar-refractivity contribution < 1.29 is 4.39 Å². The average molecular weight is 330 g/mol. The Morgan fingerprint density at radius 1 is 0.880 bits per heavy atom. The van der Waals surface area contributed by atoms with Gasteiger partial charge in [0, 0.05) is 22.8 Å². The van der Waals surface area contributed by atoms with E-state index in [1.807, 2.05) is 43.5 Å². The Kier molecular flexibility index (Phi) is 3.82. The first-order valence-corrected chi connectivity index (χ1v) is 7.90. The van der Waals surface area contributed by atoms with Gasteiger partial charge in [-0.2, -0.15) is 0 Å². The summed E-state index contributed by atoms with van der Waals surface area (Å²) in [7, 11) is 0. The van der Waals surface area contributed by atoms with Gasteiger partial charge in [-0.3, -0.25) is 4.98 Å². The smallest absolute Gasteiger partial charge is 0.146 e. The van der Waals surface area contributed by atoms with E-state index in [4.69, 9.17) is 0 Å². The highest BCUT2D eigenvalue weighted by atomic mass is 19.1. The molecule has 0 aliphatic carbocycles. The molecule has 5 heteroatoms. The van der Waals surface area contributed by atoms with Gasteiger partial charge in [0.1, 0.15) is 18.0 Å². The fraction of sp³-hybridized carbons (Fsp3) is 0.0500. The molecule has 2 aromatic heterocycles. The lowest BCUT2D eigenvalue weighted by atomic mass is 10.1. The molecule has 0 atom stereocenters. The highest BCUT2D eigenvalue weighted by Crippen LogP contribution is 2.28. The van der Waals surface area contributed by atoms with Crippen LogP contribution in [0.2, 0.25) is 0 Å². The van der Waals surface area contributed by atoms with E-state index >= 15 is 0 Å². The first-order chi connectivity index (χ1) is 12.2. The maximum Gasteiger partial charge on any atom is 0.146 e. The van der Waals surface area contributed by atoms with Crippen molar-refractivity contribution in [2.45, 2.75) is 6.92 Å². The first-order valence-electron chi connectivity index (χ1n) is 7.90. The monoisotopic (exact) mass is 330 g/mol. The number of hydrogen-bond acceptors (Lipinski definition) is 4. The van der Waals surface area contributed by atoms with Crippen LogP contribution in [0.1, 0.15) is 5.69 Å². The fourth-order valence-electron chi connectivity index (χ4n) is 2.66. The van der Waals surface area contributed by atoms with Crippen LogP contribution in [-0.2, 0) is 0 Å². The van der Waals surface area contributed by atoms with Crippen LogP contribution in [-0.4, -0.2) is 15.0 Å². The number of para-hydroxylation sites is 1. The average Bonchev–Trinajstić information content (AvgIpc) is 2.64. The largest absolute Gasteiger partial charge is 0.337 e. The highest BCUT2D eigenvalue weighted by molar-refractivity contribution is 5.93. The number of nitrogens with zero attached hydrogens (tertiary/aromatic N) is 3. The number of fused-ring (bicyclic) bond motifs is 1. The van der Waals surface area contributed by atoms with E-state index in [1.54, 1.807) is 18.2 Å². The predicted molar refractivity (Wildman–Crippen MR) is 97.2 cm³/mol. The molecule has 0 spiro atoms. The van der Waals surface area contributed by atoms with Crippen LogP contribution in [0, 0.1) is 12.7 Å². The SMILES string of the molecule is Cc1ccc(-c2ccc3c(Nc4ccccc4F)ncnc3c2)cn1. The third-order valence-corrected chi connectivity index (χ3v) is 4.01. The Hall–Kier alpha value is -3.34. The Bertz CT molecular complexity index is 1040. The van der Waals surface area contributed by atoms with Gasteiger partial charge in [-0.15, -0.1) is 0 Å². The summed E-state index contributed by atoms with van der Waals surface area (Å²) in [5.74, 6) is 0.250. The molecule has 2 heterocycles. The van der Waals surface area contributed by atoms with Crippen molar-refractivity contribution >= 4 is 22.4 Å². The molecule has 0 bridgehead atoms. The molecule has 0 aliphatic heterocycles. The van der Waals surface area contributed by atoms with Crippen molar-refractivity contribution in [2.24, 2.45) is 0 Å². The molecule has 2 aromatic carbocycles. The van der Waals surface area contributed by atoms with Crippen LogP contribution in [0.15, 0.2) is 67.1 Å². The van der Waals surface area contributed by atoms with Crippen molar-refractivity contribution in [1.82, 2.24) is 15.0 Å². The van der Waals surface area contributed by atoms with Gasteiger partial charge >= 0.3 is 0 Å². The number of aromatic nitrogens is 3. The zero-order chi connectivity index (χ0) is 17.2. The van der Waals surface area contributed by atoms with Crippen LogP contribution in [0.5, 0.6) is 0 Å². The molecule has 4 nitrogen and oxygen atoms in total. The molecule has 25 heavy (non-hydrogen) atoms. The molecule has 4 aromatic rings. The number of anilines is 2. The zero-order valence-corrected chi connectivity index (χ0v) is 13.6. The Labute approximate surface area is 144 Å². The van der Waals surface area contributed by atoms with E-state index in [0.717, 1.165) is 27.7 Å². The van der Waals surface area contributed by atoms with Gasteiger partial charge < -0.3 is 5.32 Å².